The minimum absolute atomic E-state index is 0.0133. The Kier molecular flexibility index (Phi) is 5.69. The number of aromatic nitrogens is 2. The lowest BCUT2D eigenvalue weighted by atomic mass is 10.1. The summed E-state index contributed by atoms with van der Waals surface area (Å²) in [5.41, 5.74) is 0.625. The molecule has 7 nitrogen and oxygen atoms in total. The van der Waals surface area contributed by atoms with Gasteiger partial charge in [0.15, 0.2) is 0 Å². The third-order valence-corrected chi connectivity index (χ3v) is 4.90. The van der Waals surface area contributed by atoms with Gasteiger partial charge in [0.1, 0.15) is 11.4 Å². The number of nitrogens with zero attached hydrogens (tertiary/aromatic N) is 3. The van der Waals surface area contributed by atoms with E-state index < -0.39 is 5.56 Å². The van der Waals surface area contributed by atoms with Gasteiger partial charge in [0.25, 0.3) is 11.5 Å². The molecule has 1 unspecified atom stereocenters. The van der Waals surface area contributed by atoms with Crippen molar-refractivity contribution >= 4 is 11.8 Å². The molecule has 7 heteroatoms. The monoisotopic (exact) mass is 368 g/mol. The van der Waals surface area contributed by atoms with Crippen molar-refractivity contribution in [2.45, 2.75) is 39.3 Å². The van der Waals surface area contributed by atoms with Gasteiger partial charge in [-0.25, -0.2) is 4.98 Å². The number of carbonyl (C=O) groups is 2. The fraction of sp³-hybridized carbons (Fsp3) is 0.400. The topological polar surface area (TPSA) is 86.4 Å². The first kappa shape index (κ1) is 18.8. The SMILES string of the molecule is CCC1CN(C(=O)c2cnc(C)[nH]c2=O)CCC(=O)N1Cc1ccccc1. The highest BCUT2D eigenvalue weighted by molar-refractivity contribution is 5.94. The van der Waals surface area contributed by atoms with Crippen LogP contribution >= 0.6 is 0 Å². The largest absolute Gasteiger partial charge is 0.336 e. The second-order valence-electron chi connectivity index (χ2n) is 6.78. The van der Waals surface area contributed by atoms with Crippen LogP contribution in [0.3, 0.4) is 0 Å². The van der Waals surface area contributed by atoms with Gasteiger partial charge in [0.05, 0.1) is 0 Å². The van der Waals surface area contributed by atoms with Gasteiger partial charge < -0.3 is 14.8 Å². The van der Waals surface area contributed by atoms with E-state index in [1.54, 1.807) is 11.8 Å². The standard InChI is InChI=1S/C20H24N4O3/c1-3-16-13-23(20(27)17-11-21-14(2)22-19(17)26)10-9-18(25)24(16)12-15-7-5-4-6-8-15/h4-8,11,16H,3,9-10,12-13H2,1-2H3,(H,21,22,26). The summed E-state index contributed by atoms with van der Waals surface area (Å²) in [5.74, 6) is 0.108. The summed E-state index contributed by atoms with van der Waals surface area (Å²) in [4.78, 5) is 47.7. The molecule has 1 atom stereocenters. The zero-order chi connectivity index (χ0) is 19.4. The zero-order valence-electron chi connectivity index (χ0n) is 15.6. The van der Waals surface area contributed by atoms with E-state index in [-0.39, 0.29) is 29.8 Å². The van der Waals surface area contributed by atoms with Crippen LogP contribution in [-0.2, 0) is 11.3 Å². The Labute approximate surface area is 158 Å². The molecule has 0 aliphatic carbocycles. The van der Waals surface area contributed by atoms with Crippen molar-refractivity contribution in [3.63, 3.8) is 0 Å². The van der Waals surface area contributed by atoms with Gasteiger partial charge in [-0.1, -0.05) is 37.3 Å². The average Bonchev–Trinajstić information content (AvgIpc) is 2.82. The molecule has 2 heterocycles. The zero-order valence-corrected chi connectivity index (χ0v) is 15.6. The predicted octanol–water partition coefficient (Wildman–Crippen LogP) is 1.73. The van der Waals surface area contributed by atoms with E-state index in [4.69, 9.17) is 0 Å². The van der Waals surface area contributed by atoms with E-state index in [0.29, 0.717) is 25.5 Å². The molecule has 0 radical (unpaired) electrons. The van der Waals surface area contributed by atoms with Crippen LogP contribution in [0, 0.1) is 6.92 Å². The summed E-state index contributed by atoms with van der Waals surface area (Å²) in [6.45, 7) is 4.89. The molecule has 0 bridgehead atoms. The van der Waals surface area contributed by atoms with Gasteiger partial charge in [0, 0.05) is 38.3 Å². The molecule has 2 aromatic rings. The Morgan fingerprint density at radius 1 is 1.26 bits per heavy atom. The summed E-state index contributed by atoms with van der Waals surface area (Å²) in [7, 11) is 0. The molecule has 1 aromatic carbocycles. The van der Waals surface area contributed by atoms with Crippen LogP contribution in [0.1, 0.15) is 41.5 Å². The average molecular weight is 368 g/mol. The highest BCUT2D eigenvalue weighted by Gasteiger charge is 2.31. The second-order valence-corrected chi connectivity index (χ2v) is 6.78. The fourth-order valence-electron chi connectivity index (χ4n) is 3.36. The molecule has 1 aliphatic heterocycles. The third kappa shape index (κ3) is 4.24. The maximum Gasteiger partial charge on any atom is 0.263 e. The quantitative estimate of drug-likeness (QED) is 0.890. The first-order valence-electron chi connectivity index (χ1n) is 9.18. The molecule has 2 amide bonds. The molecule has 1 aliphatic rings. The Bertz CT molecular complexity index is 878. The summed E-state index contributed by atoms with van der Waals surface area (Å²) in [5, 5.41) is 0. The molecular weight excluding hydrogens is 344 g/mol. The number of nitrogens with one attached hydrogen (secondary N) is 1. The van der Waals surface area contributed by atoms with Crippen molar-refractivity contribution in [1.29, 1.82) is 0 Å². The maximum absolute atomic E-state index is 12.9. The number of aryl methyl sites for hydroxylation is 1. The molecule has 3 rings (SSSR count). The minimum atomic E-state index is -0.447. The predicted molar refractivity (Wildman–Crippen MR) is 101 cm³/mol. The van der Waals surface area contributed by atoms with Crippen molar-refractivity contribution in [1.82, 2.24) is 19.8 Å². The molecule has 1 N–H and O–H groups in total. The Hall–Kier alpha value is -2.96. The molecular formula is C20H24N4O3. The first-order chi connectivity index (χ1) is 13.0. The number of carbonyl (C=O) groups excluding carboxylic acids is 2. The number of benzene rings is 1. The Morgan fingerprint density at radius 3 is 2.67 bits per heavy atom. The van der Waals surface area contributed by atoms with E-state index in [9.17, 15) is 14.4 Å². The lowest BCUT2D eigenvalue weighted by molar-refractivity contribution is -0.133. The van der Waals surface area contributed by atoms with Crippen molar-refractivity contribution in [3.8, 4) is 0 Å². The van der Waals surface area contributed by atoms with Crippen molar-refractivity contribution in [2.24, 2.45) is 0 Å². The number of amides is 2. The minimum Gasteiger partial charge on any atom is -0.336 e. The molecule has 142 valence electrons. The van der Waals surface area contributed by atoms with Crippen LogP contribution in [0.15, 0.2) is 41.3 Å². The van der Waals surface area contributed by atoms with E-state index in [1.165, 1.54) is 6.20 Å². The molecule has 27 heavy (non-hydrogen) atoms. The molecule has 1 aromatic heterocycles. The maximum atomic E-state index is 12.9. The van der Waals surface area contributed by atoms with Crippen LogP contribution in [-0.4, -0.2) is 50.7 Å². The van der Waals surface area contributed by atoms with Crippen LogP contribution in [0.25, 0.3) is 0 Å². The third-order valence-electron chi connectivity index (χ3n) is 4.90. The summed E-state index contributed by atoms with van der Waals surface area (Å²) >= 11 is 0. The number of hydrogen-bond donors (Lipinski definition) is 1. The fourth-order valence-corrected chi connectivity index (χ4v) is 3.36. The van der Waals surface area contributed by atoms with E-state index in [0.717, 1.165) is 12.0 Å². The van der Waals surface area contributed by atoms with Crippen LogP contribution in [0.5, 0.6) is 0 Å². The van der Waals surface area contributed by atoms with Gasteiger partial charge in [-0.3, -0.25) is 14.4 Å². The van der Waals surface area contributed by atoms with Crippen LogP contribution in [0.4, 0.5) is 0 Å². The van der Waals surface area contributed by atoms with Gasteiger partial charge in [0.2, 0.25) is 5.91 Å². The normalized spacial score (nSPS) is 17.7. The van der Waals surface area contributed by atoms with Crippen molar-refractivity contribution in [2.75, 3.05) is 13.1 Å². The van der Waals surface area contributed by atoms with Crippen molar-refractivity contribution in [3.05, 3.63) is 63.8 Å². The number of rotatable bonds is 4. The Balaban J connectivity index is 1.81. The van der Waals surface area contributed by atoms with Gasteiger partial charge in [-0.05, 0) is 18.9 Å². The lowest BCUT2D eigenvalue weighted by Gasteiger charge is -2.31. The van der Waals surface area contributed by atoms with Gasteiger partial charge in [-0.2, -0.15) is 0 Å². The number of aromatic amines is 1. The Morgan fingerprint density at radius 2 is 2.00 bits per heavy atom. The highest BCUT2D eigenvalue weighted by atomic mass is 16.2. The van der Waals surface area contributed by atoms with Crippen LogP contribution < -0.4 is 5.56 Å². The van der Waals surface area contributed by atoms with Crippen LogP contribution in [0.2, 0.25) is 0 Å². The van der Waals surface area contributed by atoms with E-state index in [2.05, 4.69) is 9.97 Å². The second kappa shape index (κ2) is 8.16. The molecule has 1 saturated heterocycles. The number of hydrogen-bond acceptors (Lipinski definition) is 4. The lowest BCUT2D eigenvalue weighted by Crippen LogP contribution is -2.44. The van der Waals surface area contributed by atoms with E-state index in [1.807, 2.05) is 42.2 Å². The molecule has 1 fully saturated rings. The first-order valence-corrected chi connectivity index (χ1v) is 9.18. The van der Waals surface area contributed by atoms with Crippen molar-refractivity contribution < 1.29 is 9.59 Å². The van der Waals surface area contributed by atoms with E-state index >= 15 is 0 Å². The van der Waals surface area contributed by atoms with Gasteiger partial charge in [-0.15, -0.1) is 0 Å². The van der Waals surface area contributed by atoms with Gasteiger partial charge >= 0.3 is 0 Å². The summed E-state index contributed by atoms with van der Waals surface area (Å²) in [6.07, 6.45) is 2.28. The highest BCUT2D eigenvalue weighted by Crippen LogP contribution is 2.18. The number of H-pyrrole nitrogens is 1. The molecule has 0 spiro atoms. The molecule has 0 saturated carbocycles. The smallest absolute Gasteiger partial charge is 0.263 e. The summed E-state index contributed by atoms with van der Waals surface area (Å²) in [6, 6.07) is 9.73. The summed E-state index contributed by atoms with van der Waals surface area (Å²) < 4.78 is 0.